The standard InChI is InChI=1S/C27H22F2N6O3/c28-17-6-3-15(4-7-17)25-26(35-22-10-16(27(36)37)5-8-21(22)34-25)19-11-24(32-13-20(19)29)38-14-18-12-31-23(33-18)2-1-9-30/h3-8,10-13H,1-2,9,14,30H2,(H,31,33)(H,36,37). The van der Waals surface area contributed by atoms with Gasteiger partial charge >= 0.3 is 5.97 Å². The second-order valence-corrected chi connectivity index (χ2v) is 8.46. The predicted molar refractivity (Wildman–Crippen MR) is 135 cm³/mol. The number of hydrogen-bond acceptors (Lipinski definition) is 7. The number of hydrogen-bond donors (Lipinski definition) is 3. The van der Waals surface area contributed by atoms with Crippen LogP contribution in [-0.2, 0) is 13.0 Å². The van der Waals surface area contributed by atoms with Gasteiger partial charge in [-0.1, -0.05) is 0 Å². The van der Waals surface area contributed by atoms with E-state index in [0.717, 1.165) is 18.4 Å². The first-order chi connectivity index (χ1) is 18.4. The van der Waals surface area contributed by atoms with Crippen molar-refractivity contribution in [2.45, 2.75) is 19.4 Å². The summed E-state index contributed by atoms with van der Waals surface area (Å²) < 4.78 is 34.5. The Balaban J connectivity index is 1.55. The second kappa shape index (κ2) is 10.7. The van der Waals surface area contributed by atoms with Gasteiger partial charge in [0, 0.05) is 29.8 Å². The number of carboxylic acid groups (broad SMARTS) is 1. The number of benzene rings is 2. The van der Waals surface area contributed by atoms with Crippen LogP contribution < -0.4 is 10.5 Å². The van der Waals surface area contributed by atoms with E-state index in [1.165, 1.54) is 48.5 Å². The number of nitrogens with zero attached hydrogens (tertiary/aromatic N) is 4. The quantitative estimate of drug-likeness (QED) is 0.260. The van der Waals surface area contributed by atoms with E-state index in [0.29, 0.717) is 29.7 Å². The molecule has 0 amide bonds. The number of nitrogens with one attached hydrogen (secondary N) is 1. The minimum atomic E-state index is -1.13. The smallest absolute Gasteiger partial charge is 0.335 e. The highest BCUT2D eigenvalue weighted by molar-refractivity contribution is 5.94. The molecule has 192 valence electrons. The Bertz CT molecular complexity index is 1620. The summed E-state index contributed by atoms with van der Waals surface area (Å²) >= 11 is 0. The summed E-state index contributed by atoms with van der Waals surface area (Å²) in [4.78, 5) is 32.2. The molecule has 5 rings (SSSR count). The number of imidazole rings is 1. The lowest BCUT2D eigenvalue weighted by Gasteiger charge is -2.13. The monoisotopic (exact) mass is 516 g/mol. The molecule has 3 aromatic heterocycles. The molecule has 0 spiro atoms. The first kappa shape index (κ1) is 24.9. The van der Waals surface area contributed by atoms with Gasteiger partial charge in [-0.15, -0.1) is 0 Å². The lowest BCUT2D eigenvalue weighted by molar-refractivity contribution is 0.0697. The van der Waals surface area contributed by atoms with Crippen molar-refractivity contribution in [2.24, 2.45) is 5.73 Å². The number of aromatic nitrogens is 5. The van der Waals surface area contributed by atoms with E-state index in [9.17, 15) is 14.3 Å². The molecule has 0 fully saturated rings. The number of carbonyl (C=O) groups is 1. The Morgan fingerprint density at radius 2 is 1.79 bits per heavy atom. The van der Waals surface area contributed by atoms with Crippen molar-refractivity contribution in [2.75, 3.05) is 6.54 Å². The van der Waals surface area contributed by atoms with E-state index >= 15 is 4.39 Å². The second-order valence-electron chi connectivity index (χ2n) is 8.46. The number of ether oxygens (including phenoxy) is 1. The number of aromatic amines is 1. The van der Waals surface area contributed by atoms with Gasteiger partial charge in [-0.3, -0.25) is 0 Å². The molecule has 0 radical (unpaired) electrons. The van der Waals surface area contributed by atoms with Crippen LogP contribution in [0.4, 0.5) is 8.78 Å². The number of rotatable bonds is 9. The maximum atomic E-state index is 15.1. The van der Waals surface area contributed by atoms with Crippen LogP contribution in [-0.4, -0.2) is 42.5 Å². The third-order valence-electron chi connectivity index (χ3n) is 5.78. The van der Waals surface area contributed by atoms with Crippen molar-refractivity contribution in [3.63, 3.8) is 0 Å². The number of halogens is 2. The largest absolute Gasteiger partial charge is 0.478 e. The lowest BCUT2D eigenvalue weighted by Crippen LogP contribution is -2.03. The van der Waals surface area contributed by atoms with Crippen LogP contribution in [0.2, 0.25) is 0 Å². The maximum Gasteiger partial charge on any atom is 0.335 e. The fraction of sp³-hybridized carbons (Fsp3) is 0.148. The van der Waals surface area contributed by atoms with E-state index < -0.39 is 17.6 Å². The normalized spacial score (nSPS) is 11.1. The van der Waals surface area contributed by atoms with E-state index in [1.807, 2.05) is 0 Å². The van der Waals surface area contributed by atoms with E-state index in [4.69, 9.17) is 10.5 Å². The number of carboxylic acids is 1. The van der Waals surface area contributed by atoms with Crippen molar-refractivity contribution in [3.8, 4) is 28.4 Å². The SMILES string of the molecule is NCCCc1nc(COc2cc(-c3nc4cc(C(=O)O)ccc4nc3-c3ccc(F)cc3)c(F)cn2)c[nH]1. The zero-order valence-corrected chi connectivity index (χ0v) is 20.0. The first-order valence-electron chi connectivity index (χ1n) is 11.7. The van der Waals surface area contributed by atoms with Gasteiger partial charge < -0.3 is 20.6 Å². The Kier molecular flexibility index (Phi) is 7.00. The van der Waals surface area contributed by atoms with E-state index in [2.05, 4.69) is 24.9 Å². The van der Waals surface area contributed by atoms with E-state index in [-0.39, 0.29) is 40.5 Å². The maximum absolute atomic E-state index is 15.1. The van der Waals surface area contributed by atoms with Gasteiger partial charge in [-0.2, -0.15) is 0 Å². The third kappa shape index (κ3) is 5.32. The van der Waals surface area contributed by atoms with Gasteiger partial charge in [0.2, 0.25) is 5.88 Å². The molecule has 0 unspecified atom stereocenters. The molecule has 5 aromatic rings. The van der Waals surface area contributed by atoms with Crippen molar-refractivity contribution < 1.29 is 23.4 Å². The molecule has 0 saturated heterocycles. The Hall–Kier alpha value is -4.77. The summed E-state index contributed by atoms with van der Waals surface area (Å²) in [5, 5.41) is 9.39. The van der Waals surface area contributed by atoms with Crippen molar-refractivity contribution >= 4 is 17.0 Å². The summed E-state index contributed by atoms with van der Waals surface area (Å²) in [6.07, 6.45) is 4.24. The van der Waals surface area contributed by atoms with Crippen LogP contribution >= 0.6 is 0 Å². The number of aromatic carboxylic acids is 1. The first-order valence-corrected chi connectivity index (χ1v) is 11.7. The van der Waals surface area contributed by atoms with Gasteiger partial charge in [-0.05, 0) is 55.4 Å². The zero-order chi connectivity index (χ0) is 26.6. The molecular weight excluding hydrogens is 494 g/mol. The van der Waals surface area contributed by atoms with Crippen molar-refractivity contribution in [1.82, 2.24) is 24.9 Å². The van der Waals surface area contributed by atoms with Crippen molar-refractivity contribution in [1.29, 1.82) is 0 Å². The molecule has 2 aromatic carbocycles. The van der Waals surface area contributed by atoms with Gasteiger partial charge in [0.25, 0.3) is 0 Å². The van der Waals surface area contributed by atoms with Gasteiger partial charge in [-0.25, -0.2) is 33.5 Å². The molecule has 4 N–H and O–H groups in total. The summed E-state index contributed by atoms with van der Waals surface area (Å²) in [7, 11) is 0. The average Bonchev–Trinajstić information content (AvgIpc) is 3.38. The number of pyridine rings is 1. The molecule has 38 heavy (non-hydrogen) atoms. The Labute approximate surface area is 215 Å². The molecule has 3 heterocycles. The Morgan fingerprint density at radius 1 is 1.00 bits per heavy atom. The van der Waals surface area contributed by atoms with Crippen LogP contribution in [0.5, 0.6) is 5.88 Å². The molecule has 9 nitrogen and oxygen atoms in total. The van der Waals surface area contributed by atoms with Crippen molar-refractivity contribution in [3.05, 3.63) is 89.6 Å². The van der Waals surface area contributed by atoms with Crippen LogP contribution in [0.3, 0.4) is 0 Å². The highest BCUT2D eigenvalue weighted by Crippen LogP contribution is 2.34. The number of aryl methyl sites for hydroxylation is 1. The van der Waals surface area contributed by atoms with Gasteiger partial charge in [0.1, 0.15) is 23.9 Å². The highest BCUT2D eigenvalue weighted by atomic mass is 19.1. The number of fused-ring (bicyclic) bond motifs is 1. The molecule has 0 bridgehead atoms. The van der Waals surface area contributed by atoms with Crippen LogP contribution in [0, 0.1) is 11.6 Å². The molecule has 0 saturated carbocycles. The van der Waals surface area contributed by atoms with E-state index in [1.54, 1.807) is 6.20 Å². The topological polar surface area (TPSA) is 140 Å². The average molecular weight is 517 g/mol. The fourth-order valence-electron chi connectivity index (χ4n) is 3.89. The summed E-state index contributed by atoms with van der Waals surface area (Å²) in [6, 6.07) is 11.2. The molecule has 0 atom stereocenters. The molecule has 0 aliphatic carbocycles. The van der Waals surface area contributed by atoms with Gasteiger partial charge in [0.15, 0.2) is 5.82 Å². The summed E-state index contributed by atoms with van der Waals surface area (Å²) in [6.45, 7) is 0.650. The summed E-state index contributed by atoms with van der Waals surface area (Å²) in [5.74, 6) is -1.34. The molecule has 0 aliphatic heterocycles. The summed E-state index contributed by atoms with van der Waals surface area (Å²) in [5.41, 5.74) is 7.79. The minimum Gasteiger partial charge on any atom is -0.478 e. The highest BCUT2D eigenvalue weighted by Gasteiger charge is 2.19. The van der Waals surface area contributed by atoms with Crippen LogP contribution in [0.1, 0.15) is 28.3 Å². The molecule has 11 heteroatoms. The molecular formula is C27H22F2N6O3. The lowest BCUT2D eigenvalue weighted by atomic mass is 10.0. The zero-order valence-electron chi connectivity index (χ0n) is 20.0. The number of H-pyrrole nitrogens is 1. The Morgan fingerprint density at radius 3 is 2.55 bits per heavy atom. The fourth-order valence-corrected chi connectivity index (χ4v) is 3.89. The number of nitrogens with two attached hydrogens (primary N) is 1. The third-order valence-corrected chi connectivity index (χ3v) is 5.78. The van der Waals surface area contributed by atoms with Crippen LogP contribution in [0.15, 0.2) is 60.9 Å². The molecule has 0 aliphatic rings. The van der Waals surface area contributed by atoms with Gasteiger partial charge in [0.05, 0.1) is 34.2 Å². The minimum absolute atomic E-state index is 0.0105. The van der Waals surface area contributed by atoms with Crippen LogP contribution in [0.25, 0.3) is 33.5 Å². The predicted octanol–water partition coefficient (Wildman–Crippen LogP) is 4.53.